The van der Waals surface area contributed by atoms with Crippen molar-refractivity contribution < 1.29 is 9.53 Å². The lowest BCUT2D eigenvalue weighted by molar-refractivity contribution is 0.0589. The summed E-state index contributed by atoms with van der Waals surface area (Å²) in [7, 11) is 3.61. The van der Waals surface area contributed by atoms with E-state index in [2.05, 4.69) is 5.32 Å². The average Bonchev–Trinajstić information content (AvgIpc) is 2.27. The Bertz CT molecular complexity index is 393. The van der Waals surface area contributed by atoms with Crippen LogP contribution >= 0.6 is 0 Å². The van der Waals surface area contributed by atoms with Gasteiger partial charge in [-0.25, -0.2) is 4.79 Å². The van der Waals surface area contributed by atoms with Crippen LogP contribution in [-0.2, 0) is 11.3 Å². The molecule has 0 bridgehead atoms. The number of nitrogens with zero attached hydrogens (tertiary/aromatic N) is 1. The quantitative estimate of drug-likeness (QED) is 0.897. The lowest BCUT2D eigenvalue weighted by Crippen LogP contribution is -2.34. The van der Waals surface area contributed by atoms with Crippen molar-refractivity contribution in [1.29, 1.82) is 0 Å². The number of carbonyl (C=O) groups excluding carboxylic acids is 1. The number of benzene rings is 1. The number of nitrogens with one attached hydrogen (secondary N) is 1. The summed E-state index contributed by atoms with van der Waals surface area (Å²) < 4.78 is 5.31. The van der Waals surface area contributed by atoms with E-state index in [1.54, 1.807) is 7.05 Å². The average molecular weight is 250 g/mol. The molecule has 0 aliphatic carbocycles. The predicted molar refractivity (Wildman–Crippen MR) is 73.8 cm³/mol. The first-order valence-electron chi connectivity index (χ1n) is 6.04. The van der Waals surface area contributed by atoms with E-state index >= 15 is 0 Å². The molecule has 0 aliphatic heterocycles. The molecule has 0 aromatic heterocycles. The minimum absolute atomic E-state index is 0.344. The molecular weight excluding hydrogens is 228 g/mol. The van der Waals surface area contributed by atoms with Gasteiger partial charge in [0, 0.05) is 19.3 Å². The third kappa shape index (κ3) is 4.37. The molecule has 18 heavy (non-hydrogen) atoms. The monoisotopic (exact) mass is 250 g/mol. The molecule has 0 spiro atoms. The number of hydrogen-bond acceptors (Lipinski definition) is 3. The van der Waals surface area contributed by atoms with Crippen LogP contribution in [0.4, 0.5) is 10.5 Å². The highest BCUT2D eigenvalue weighted by atomic mass is 16.6. The van der Waals surface area contributed by atoms with Crippen LogP contribution in [0.1, 0.15) is 26.3 Å². The van der Waals surface area contributed by atoms with Crippen molar-refractivity contribution in [2.45, 2.75) is 32.9 Å². The first kappa shape index (κ1) is 14.5. The molecule has 0 aliphatic rings. The maximum absolute atomic E-state index is 11.9. The van der Waals surface area contributed by atoms with Crippen molar-refractivity contribution in [2.24, 2.45) is 0 Å². The number of hydrogen-bond donors (Lipinski definition) is 1. The van der Waals surface area contributed by atoms with Gasteiger partial charge in [-0.1, -0.05) is 12.1 Å². The van der Waals surface area contributed by atoms with E-state index in [9.17, 15) is 4.79 Å². The van der Waals surface area contributed by atoms with Crippen LogP contribution < -0.4 is 10.2 Å². The summed E-state index contributed by atoms with van der Waals surface area (Å²) in [6.07, 6.45) is -0.344. The molecule has 0 unspecified atom stereocenters. The molecule has 0 fully saturated rings. The molecule has 4 nitrogen and oxygen atoms in total. The van der Waals surface area contributed by atoms with E-state index in [0.29, 0.717) is 0 Å². The molecule has 1 amide bonds. The van der Waals surface area contributed by atoms with Crippen molar-refractivity contribution in [3.8, 4) is 0 Å². The van der Waals surface area contributed by atoms with Crippen LogP contribution in [0.25, 0.3) is 0 Å². The second-order valence-electron chi connectivity index (χ2n) is 5.24. The van der Waals surface area contributed by atoms with Crippen LogP contribution in [-0.4, -0.2) is 25.8 Å². The standard InChI is InChI=1S/C14H22N2O2/c1-14(2,3)18-13(17)16(5)12-8-6-11(7-9-12)10-15-4/h6-9,15H,10H2,1-5H3. The van der Waals surface area contributed by atoms with Crippen molar-refractivity contribution in [2.75, 3.05) is 19.0 Å². The van der Waals surface area contributed by atoms with Gasteiger partial charge in [0.2, 0.25) is 0 Å². The fraction of sp³-hybridized carbons (Fsp3) is 0.500. The molecule has 0 saturated heterocycles. The Labute approximate surface area is 109 Å². The second kappa shape index (κ2) is 5.87. The molecule has 1 rings (SSSR count). The molecule has 1 N–H and O–H groups in total. The zero-order chi connectivity index (χ0) is 13.8. The summed E-state index contributed by atoms with van der Waals surface area (Å²) in [5, 5.41) is 3.08. The van der Waals surface area contributed by atoms with Gasteiger partial charge >= 0.3 is 6.09 Å². The Morgan fingerprint density at radius 3 is 2.28 bits per heavy atom. The molecule has 0 atom stereocenters. The third-order valence-electron chi connectivity index (χ3n) is 2.37. The van der Waals surface area contributed by atoms with Crippen LogP contribution in [0.2, 0.25) is 0 Å². The summed E-state index contributed by atoms with van der Waals surface area (Å²) in [5.41, 5.74) is 1.53. The Balaban J connectivity index is 2.71. The topological polar surface area (TPSA) is 41.6 Å². The van der Waals surface area contributed by atoms with Crippen LogP contribution in [0.15, 0.2) is 24.3 Å². The van der Waals surface area contributed by atoms with E-state index in [-0.39, 0.29) is 6.09 Å². The van der Waals surface area contributed by atoms with Gasteiger partial charge in [-0.05, 0) is 45.5 Å². The minimum Gasteiger partial charge on any atom is -0.443 e. The fourth-order valence-corrected chi connectivity index (χ4v) is 1.48. The van der Waals surface area contributed by atoms with E-state index in [1.807, 2.05) is 52.1 Å². The predicted octanol–water partition coefficient (Wildman–Crippen LogP) is 2.78. The van der Waals surface area contributed by atoms with Gasteiger partial charge in [-0.2, -0.15) is 0 Å². The Kier molecular flexibility index (Phi) is 4.73. The van der Waals surface area contributed by atoms with E-state index < -0.39 is 5.60 Å². The van der Waals surface area contributed by atoms with E-state index in [0.717, 1.165) is 12.2 Å². The van der Waals surface area contributed by atoms with Gasteiger partial charge in [0.1, 0.15) is 5.60 Å². The highest BCUT2D eigenvalue weighted by Crippen LogP contribution is 2.17. The zero-order valence-electron chi connectivity index (χ0n) is 11.8. The van der Waals surface area contributed by atoms with Crippen molar-refractivity contribution in [3.05, 3.63) is 29.8 Å². The van der Waals surface area contributed by atoms with E-state index in [4.69, 9.17) is 4.74 Å². The molecule has 1 aromatic carbocycles. The summed E-state index contributed by atoms with van der Waals surface area (Å²) in [6, 6.07) is 7.81. The SMILES string of the molecule is CNCc1ccc(N(C)C(=O)OC(C)(C)C)cc1. The number of anilines is 1. The smallest absolute Gasteiger partial charge is 0.414 e. The maximum Gasteiger partial charge on any atom is 0.414 e. The Morgan fingerprint density at radius 1 is 1.28 bits per heavy atom. The minimum atomic E-state index is -0.475. The number of rotatable bonds is 3. The summed E-state index contributed by atoms with van der Waals surface area (Å²) in [6.45, 7) is 6.38. The van der Waals surface area contributed by atoms with Gasteiger partial charge < -0.3 is 10.1 Å². The molecule has 0 radical (unpaired) electrons. The van der Waals surface area contributed by atoms with Crippen molar-refractivity contribution in [3.63, 3.8) is 0 Å². The molecule has 0 heterocycles. The van der Waals surface area contributed by atoms with Gasteiger partial charge in [0.15, 0.2) is 0 Å². The lowest BCUT2D eigenvalue weighted by Gasteiger charge is -2.24. The lowest BCUT2D eigenvalue weighted by atomic mass is 10.2. The van der Waals surface area contributed by atoms with Gasteiger partial charge in [0.05, 0.1) is 0 Å². The first-order chi connectivity index (χ1) is 8.33. The molecular formula is C14H22N2O2. The first-order valence-corrected chi connectivity index (χ1v) is 6.04. The molecule has 100 valence electrons. The second-order valence-corrected chi connectivity index (χ2v) is 5.24. The van der Waals surface area contributed by atoms with Gasteiger partial charge in [-0.15, -0.1) is 0 Å². The van der Waals surface area contributed by atoms with Crippen LogP contribution in [0.5, 0.6) is 0 Å². The largest absolute Gasteiger partial charge is 0.443 e. The van der Waals surface area contributed by atoms with Crippen LogP contribution in [0.3, 0.4) is 0 Å². The maximum atomic E-state index is 11.9. The highest BCUT2D eigenvalue weighted by Gasteiger charge is 2.20. The number of amides is 1. The third-order valence-corrected chi connectivity index (χ3v) is 2.37. The Hall–Kier alpha value is -1.55. The summed E-state index contributed by atoms with van der Waals surface area (Å²) >= 11 is 0. The number of carbonyl (C=O) groups is 1. The fourth-order valence-electron chi connectivity index (χ4n) is 1.48. The van der Waals surface area contributed by atoms with E-state index in [1.165, 1.54) is 10.5 Å². The van der Waals surface area contributed by atoms with Gasteiger partial charge in [0.25, 0.3) is 0 Å². The zero-order valence-corrected chi connectivity index (χ0v) is 11.8. The molecule has 0 saturated carbocycles. The molecule has 4 heteroatoms. The summed E-state index contributed by atoms with van der Waals surface area (Å²) in [5.74, 6) is 0. The number of ether oxygens (including phenoxy) is 1. The molecule has 1 aromatic rings. The van der Waals surface area contributed by atoms with Crippen molar-refractivity contribution >= 4 is 11.8 Å². The highest BCUT2D eigenvalue weighted by molar-refractivity contribution is 5.87. The van der Waals surface area contributed by atoms with Gasteiger partial charge in [-0.3, -0.25) is 4.90 Å². The van der Waals surface area contributed by atoms with Crippen molar-refractivity contribution in [1.82, 2.24) is 5.32 Å². The van der Waals surface area contributed by atoms with Crippen LogP contribution in [0, 0.1) is 0 Å². The normalized spacial score (nSPS) is 11.2. The Morgan fingerprint density at radius 2 is 1.83 bits per heavy atom. The summed E-state index contributed by atoms with van der Waals surface area (Å²) in [4.78, 5) is 13.4.